The number of benzene rings is 1. The van der Waals surface area contributed by atoms with Crippen molar-refractivity contribution in [3.63, 3.8) is 0 Å². The van der Waals surface area contributed by atoms with Crippen molar-refractivity contribution in [3.05, 3.63) is 22.2 Å². The number of carbonyl (C=O) groups is 1. The average molecular weight is 342 g/mol. The summed E-state index contributed by atoms with van der Waals surface area (Å²) in [5.74, 6) is 1.96. The van der Waals surface area contributed by atoms with Gasteiger partial charge in [-0.3, -0.25) is 4.79 Å². The van der Waals surface area contributed by atoms with E-state index in [1.807, 2.05) is 4.90 Å². The Labute approximate surface area is 128 Å². The van der Waals surface area contributed by atoms with Gasteiger partial charge in [-0.25, -0.2) is 0 Å². The van der Waals surface area contributed by atoms with E-state index >= 15 is 0 Å². The number of nitrogens with zero attached hydrogens (tertiary/aromatic N) is 1. The fourth-order valence-corrected chi connectivity index (χ4v) is 2.94. The monoisotopic (exact) mass is 341 g/mol. The molecular formula is C15H20BrNO3. The van der Waals surface area contributed by atoms with Crippen LogP contribution in [0.25, 0.3) is 0 Å². The summed E-state index contributed by atoms with van der Waals surface area (Å²) in [5, 5.41) is 0. The summed E-state index contributed by atoms with van der Waals surface area (Å²) in [6.07, 6.45) is 2.13. The summed E-state index contributed by atoms with van der Waals surface area (Å²) >= 11 is 3.41. The lowest BCUT2D eigenvalue weighted by molar-refractivity contribution is 0.0696. The van der Waals surface area contributed by atoms with Gasteiger partial charge in [-0.15, -0.1) is 0 Å². The number of hydrogen-bond acceptors (Lipinski definition) is 3. The molecule has 1 amide bonds. The molecule has 2 rings (SSSR count). The molecule has 0 atom stereocenters. The predicted octanol–water partition coefficient (Wildman–Crippen LogP) is 3.34. The SMILES string of the molecule is COc1cc(C(=O)N2CCC(C)CC2)cc(OC)c1Br. The summed E-state index contributed by atoms with van der Waals surface area (Å²) in [4.78, 5) is 14.5. The summed E-state index contributed by atoms with van der Waals surface area (Å²) < 4.78 is 11.3. The molecule has 4 nitrogen and oxygen atoms in total. The van der Waals surface area contributed by atoms with Crippen LogP contribution in [-0.4, -0.2) is 38.1 Å². The molecular weight excluding hydrogens is 322 g/mol. The molecule has 20 heavy (non-hydrogen) atoms. The molecule has 0 saturated carbocycles. The highest BCUT2D eigenvalue weighted by molar-refractivity contribution is 9.10. The summed E-state index contributed by atoms with van der Waals surface area (Å²) in [6.45, 7) is 3.87. The van der Waals surface area contributed by atoms with Crippen molar-refractivity contribution in [2.45, 2.75) is 19.8 Å². The van der Waals surface area contributed by atoms with Crippen LogP contribution in [0.1, 0.15) is 30.1 Å². The summed E-state index contributed by atoms with van der Waals surface area (Å²) in [6, 6.07) is 3.51. The second kappa shape index (κ2) is 6.48. The highest BCUT2D eigenvalue weighted by atomic mass is 79.9. The van der Waals surface area contributed by atoms with Crippen LogP contribution in [0.5, 0.6) is 11.5 Å². The maximum absolute atomic E-state index is 12.6. The van der Waals surface area contributed by atoms with Crippen LogP contribution < -0.4 is 9.47 Å². The third-order valence-corrected chi connectivity index (χ3v) is 4.55. The number of rotatable bonds is 3. The van der Waals surface area contributed by atoms with Crippen molar-refractivity contribution in [1.82, 2.24) is 4.90 Å². The Bertz CT molecular complexity index is 471. The van der Waals surface area contributed by atoms with Crippen molar-refractivity contribution >= 4 is 21.8 Å². The van der Waals surface area contributed by atoms with E-state index < -0.39 is 0 Å². The molecule has 1 aromatic carbocycles. The van der Waals surface area contributed by atoms with Crippen LogP contribution in [0.4, 0.5) is 0 Å². The Morgan fingerprint density at radius 1 is 1.20 bits per heavy atom. The van der Waals surface area contributed by atoms with Gasteiger partial charge in [0.15, 0.2) is 0 Å². The fourth-order valence-electron chi connectivity index (χ4n) is 2.39. The quantitative estimate of drug-likeness (QED) is 0.846. The smallest absolute Gasteiger partial charge is 0.254 e. The molecule has 0 aliphatic carbocycles. The van der Waals surface area contributed by atoms with Crippen LogP contribution in [0.3, 0.4) is 0 Å². The summed E-state index contributed by atoms with van der Waals surface area (Å²) in [7, 11) is 3.16. The number of amides is 1. The van der Waals surface area contributed by atoms with Gasteiger partial charge in [-0.1, -0.05) is 6.92 Å². The Morgan fingerprint density at radius 3 is 2.15 bits per heavy atom. The maximum atomic E-state index is 12.6. The van der Waals surface area contributed by atoms with Crippen LogP contribution in [-0.2, 0) is 0 Å². The molecule has 1 saturated heterocycles. The van der Waals surface area contributed by atoms with Crippen molar-refractivity contribution in [2.75, 3.05) is 27.3 Å². The Balaban J connectivity index is 2.25. The van der Waals surface area contributed by atoms with E-state index in [2.05, 4.69) is 22.9 Å². The molecule has 5 heteroatoms. The molecule has 0 aromatic heterocycles. The Morgan fingerprint density at radius 2 is 1.70 bits per heavy atom. The summed E-state index contributed by atoms with van der Waals surface area (Å²) in [5.41, 5.74) is 0.608. The van der Waals surface area contributed by atoms with Crippen molar-refractivity contribution in [3.8, 4) is 11.5 Å². The van der Waals surface area contributed by atoms with Gasteiger partial charge < -0.3 is 14.4 Å². The third kappa shape index (κ3) is 3.08. The fraction of sp³-hybridized carbons (Fsp3) is 0.533. The number of ether oxygens (including phenoxy) is 2. The van der Waals surface area contributed by atoms with Gasteiger partial charge in [0.25, 0.3) is 5.91 Å². The number of likely N-dealkylation sites (tertiary alicyclic amines) is 1. The first-order chi connectivity index (χ1) is 9.56. The number of piperidine rings is 1. The van der Waals surface area contributed by atoms with Crippen LogP contribution in [0, 0.1) is 5.92 Å². The van der Waals surface area contributed by atoms with E-state index in [1.54, 1.807) is 26.4 Å². The van der Waals surface area contributed by atoms with Gasteiger partial charge >= 0.3 is 0 Å². The molecule has 1 aliphatic heterocycles. The van der Waals surface area contributed by atoms with Crippen molar-refractivity contribution in [1.29, 1.82) is 0 Å². The largest absolute Gasteiger partial charge is 0.495 e. The van der Waals surface area contributed by atoms with Gasteiger partial charge in [-0.05, 0) is 46.8 Å². The first-order valence-corrected chi connectivity index (χ1v) is 7.57. The lowest BCUT2D eigenvalue weighted by Gasteiger charge is -2.30. The first-order valence-electron chi connectivity index (χ1n) is 6.77. The minimum atomic E-state index is 0.0426. The lowest BCUT2D eigenvalue weighted by atomic mass is 9.98. The van der Waals surface area contributed by atoms with Gasteiger partial charge in [-0.2, -0.15) is 0 Å². The Hall–Kier alpha value is -1.23. The third-order valence-electron chi connectivity index (χ3n) is 3.76. The number of methoxy groups -OCH3 is 2. The molecule has 110 valence electrons. The van der Waals surface area contributed by atoms with Gasteiger partial charge in [0, 0.05) is 18.7 Å². The number of carbonyl (C=O) groups excluding carboxylic acids is 1. The van der Waals surface area contributed by atoms with E-state index in [1.165, 1.54) is 0 Å². The van der Waals surface area contributed by atoms with E-state index in [4.69, 9.17) is 9.47 Å². The first kappa shape index (κ1) is 15.2. The normalized spacial score (nSPS) is 16.1. The Kier molecular flexibility index (Phi) is 4.91. The van der Waals surface area contributed by atoms with Gasteiger partial charge in [0.1, 0.15) is 16.0 Å². The number of halogens is 1. The van der Waals surface area contributed by atoms with E-state index in [0.717, 1.165) is 30.4 Å². The van der Waals surface area contributed by atoms with Gasteiger partial charge in [0.05, 0.1) is 14.2 Å². The van der Waals surface area contributed by atoms with Gasteiger partial charge in [0.2, 0.25) is 0 Å². The molecule has 0 radical (unpaired) electrons. The molecule has 0 N–H and O–H groups in total. The van der Waals surface area contributed by atoms with Crippen LogP contribution in [0.2, 0.25) is 0 Å². The maximum Gasteiger partial charge on any atom is 0.254 e. The zero-order valence-electron chi connectivity index (χ0n) is 12.1. The molecule has 1 heterocycles. The van der Waals surface area contributed by atoms with E-state index in [9.17, 15) is 4.79 Å². The van der Waals surface area contributed by atoms with Crippen LogP contribution >= 0.6 is 15.9 Å². The predicted molar refractivity (Wildman–Crippen MR) is 81.5 cm³/mol. The molecule has 1 aromatic rings. The molecule has 1 fully saturated rings. The lowest BCUT2D eigenvalue weighted by Crippen LogP contribution is -2.37. The zero-order valence-corrected chi connectivity index (χ0v) is 13.7. The topological polar surface area (TPSA) is 38.8 Å². The standard InChI is InChI=1S/C15H20BrNO3/c1-10-4-6-17(7-5-10)15(18)11-8-12(19-2)14(16)13(9-11)20-3/h8-10H,4-7H2,1-3H3. The molecule has 0 bridgehead atoms. The molecule has 0 spiro atoms. The zero-order chi connectivity index (χ0) is 14.7. The average Bonchev–Trinajstić information content (AvgIpc) is 2.47. The number of hydrogen-bond donors (Lipinski definition) is 0. The van der Waals surface area contributed by atoms with Crippen LogP contribution in [0.15, 0.2) is 16.6 Å². The minimum absolute atomic E-state index is 0.0426. The highest BCUT2D eigenvalue weighted by Gasteiger charge is 2.23. The second-order valence-electron chi connectivity index (χ2n) is 5.17. The van der Waals surface area contributed by atoms with E-state index in [-0.39, 0.29) is 5.91 Å². The van der Waals surface area contributed by atoms with E-state index in [0.29, 0.717) is 23.0 Å². The highest BCUT2D eigenvalue weighted by Crippen LogP contribution is 2.36. The molecule has 1 aliphatic rings. The van der Waals surface area contributed by atoms with Crippen molar-refractivity contribution < 1.29 is 14.3 Å². The minimum Gasteiger partial charge on any atom is -0.495 e. The molecule has 0 unspecified atom stereocenters. The van der Waals surface area contributed by atoms with Crippen molar-refractivity contribution in [2.24, 2.45) is 5.92 Å². The second-order valence-corrected chi connectivity index (χ2v) is 5.96.